The Morgan fingerprint density at radius 2 is 1.69 bits per heavy atom. The van der Waals surface area contributed by atoms with Gasteiger partial charge in [-0.15, -0.1) is 0 Å². The molecule has 0 saturated heterocycles. The first kappa shape index (κ1) is 25.5. The first-order valence-corrected chi connectivity index (χ1v) is 12.1. The van der Waals surface area contributed by atoms with Crippen molar-refractivity contribution < 1.29 is 18.4 Å². The summed E-state index contributed by atoms with van der Waals surface area (Å²) in [4.78, 5) is 25.8. The third kappa shape index (κ3) is 5.62. The van der Waals surface area contributed by atoms with Crippen LogP contribution in [0.1, 0.15) is 56.8 Å². The molecular weight excluding hydrogens is 460 g/mol. The minimum atomic E-state index is -2.87. The Hall–Kier alpha value is -3.58. The van der Waals surface area contributed by atoms with Crippen molar-refractivity contribution >= 4 is 23.2 Å². The minimum Gasteiger partial charge on any atom is -0.326 e. The number of alkyl halides is 2. The Kier molecular flexibility index (Phi) is 7.22. The molecule has 2 amide bonds. The fourth-order valence-corrected chi connectivity index (χ4v) is 4.85. The summed E-state index contributed by atoms with van der Waals surface area (Å²) < 4.78 is 27.1. The number of rotatable bonds is 6. The fourth-order valence-electron chi connectivity index (χ4n) is 4.85. The van der Waals surface area contributed by atoms with Gasteiger partial charge in [-0.25, -0.2) is 8.78 Å². The number of carbonyl (C=O) groups excluding carboxylic acids is 2. The number of benzene rings is 3. The molecule has 0 saturated carbocycles. The first-order chi connectivity index (χ1) is 17.0. The number of hydrogen-bond acceptors (Lipinski definition) is 3. The van der Waals surface area contributed by atoms with Gasteiger partial charge in [0.25, 0.3) is 5.92 Å². The highest BCUT2D eigenvalue weighted by Crippen LogP contribution is 2.40. The van der Waals surface area contributed by atoms with Crippen LogP contribution in [-0.4, -0.2) is 17.9 Å². The molecule has 3 aromatic carbocycles. The number of carbonyl (C=O) groups is 2. The van der Waals surface area contributed by atoms with Crippen LogP contribution in [0.2, 0.25) is 0 Å². The lowest BCUT2D eigenvalue weighted by molar-refractivity contribution is -0.117. The maximum absolute atomic E-state index is 13.6. The molecule has 7 heteroatoms. The number of halogens is 2. The van der Waals surface area contributed by atoms with Gasteiger partial charge in [0.15, 0.2) is 0 Å². The van der Waals surface area contributed by atoms with E-state index in [1.54, 1.807) is 19.1 Å². The van der Waals surface area contributed by atoms with Crippen molar-refractivity contribution in [2.45, 2.75) is 58.7 Å². The second-order valence-corrected chi connectivity index (χ2v) is 9.53. The van der Waals surface area contributed by atoms with Crippen molar-refractivity contribution in [3.8, 4) is 11.1 Å². The van der Waals surface area contributed by atoms with Crippen LogP contribution in [-0.2, 0) is 22.1 Å². The van der Waals surface area contributed by atoms with Gasteiger partial charge in [-0.2, -0.15) is 0 Å². The molecule has 0 bridgehead atoms. The molecule has 1 heterocycles. The second kappa shape index (κ2) is 10.2. The van der Waals surface area contributed by atoms with Gasteiger partial charge in [0.05, 0.1) is 0 Å². The highest BCUT2D eigenvalue weighted by molar-refractivity contribution is 5.94. The van der Waals surface area contributed by atoms with Crippen molar-refractivity contribution in [3.63, 3.8) is 0 Å². The Morgan fingerprint density at radius 1 is 1.00 bits per heavy atom. The number of fused-ring (bicyclic) bond motifs is 1. The third-order valence-corrected chi connectivity index (χ3v) is 6.55. The normalized spacial score (nSPS) is 17.4. The van der Waals surface area contributed by atoms with Crippen molar-refractivity contribution in [2.75, 3.05) is 10.2 Å². The van der Waals surface area contributed by atoms with E-state index in [0.29, 0.717) is 18.7 Å². The average molecular weight is 492 g/mol. The third-order valence-electron chi connectivity index (χ3n) is 6.55. The van der Waals surface area contributed by atoms with Gasteiger partial charge in [-0.05, 0) is 59.9 Å². The lowest BCUT2D eigenvalue weighted by Gasteiger charge is -2.39. The van der Waals surface area contributed by atoms with Crippen molar-refractivity contribution in [1.29, 1.82) is 0 Å². The van der Waals surface area contributed by atoms with Gasteiger partial charge in [0, 0.05) is 56.3 Å². The molecule has 0 aliphatic carbocycles. The molecule has 2 N–H and O–H groups in total. The minimum absolute atomic E-state index is 0.00241. The highest BCUT2D eigenvalue weighted by atomic mass is 19.3. The van der Waals surface area contributed by atoms with E-state index in [-0.39, 0.29) is 29.5 Å². The summed E-state index contributed by atoms with van der Waals surface area (Å²) in [6.07, 6.45) is 0.715. The van der Waals surface area contributed by atoms with Crippen LogP contribution in [0, 0.1) is 0 Å². The quantitative estimate of drug-likeness (QED) is 0.419. The van der Waals surface area contributed by atoms with Crippen molar-refractivity contribution in [2.24, 2.45) is 0 Å². The lowest BCUT2D eigenvalue weighted by Crippen LogP contribution is -2.44. The van der Waals surface area contributed by atoms with Crippen molar-refractivity contribution in [1.82, 2.24) is 5.32 Å². The molecule has 0 spiro atoms. The van der Waals surface area contributed by atoms with Crippen LogP contribution < -0.4 is 15.5 Å². The van der Waals surface area contributed by atoms with E-state index in [4.69, 9.17) is 0 Å². The molecule has 1 aliphatic heterocycles. The number of amides is 2. The van der Waals surface area contributed by atoms with Crippen molar-refractivity contribution in [3.05, 3.63) is 83.4 Å². The molecule has 0 aromatic heterocycles. The standard InChI is InChI=1S/C29H31F2N3O2/c1-18-14-27(32-17-21-8-11-24(12-9-21)29(4,30)31)26-16-23(10-13-28(26)34(18)20(3)36)22-6-5-7-25(15-22)33-19(2)35/h5-13,15-16,18,27,32H,14,17H2,1-4H3,(H,33,35)/t18-,27+/m0/s1. The molecule has 188 valence electrons. The van der Waals surface area contributed by atoms with Crippen LogP contribution in [0.5, 0.6) is 0 Å². The van der Waals surface area contributed by atoms with E-state index in [1.165, 1.54) is 19.1 Å². The van der Waals surface area contributed by atoms with Crippen LogP contribution in [0.25, 0.3) is 11.1 Å². The molecule has 4 rings (SSSR count). The van der Waals surface area contributed by atoms with Gasteiger partial charge in [0.1, 0.15) is 0 Å². The van der Waals surface area contributed by atoms with Crippen LogP contribution in [0.15, 0.2) is 66.7 Å². The predicted octanol–water partition coefficient (Wildman–Crippen LogP) is 6.40. The topological polar surface area (TPSA) is 61.4 Å². The first-order valence-electron chi connectivity index (χ1n) is 12.1. The molecule has 0 radical (unpaired) electrons. The van der Waals surface area contributed by atoms with Crippen LogP contribution >= 0.6 is 0 Å². The smallest absolute Gasteiger partial charge is 0.270 e. The van der Waals surface area contributed by atoms with Gasteiger partial charge in [0.2, 0.25) is 11.8 Å². The summed E-state index contributed by atoms with van der Waals surface area (Å²) in [5.41, 5.74) is 5.40. The zero-order valence-electron chi connectivity index (χ0n) is 20.9. The molecule has 5 nitrogen and oxygen atoms in total. The Bertz CT molecular complexity index is 1270. The zero-order valence-corrected chi connectivity index (χ0v) is 20.9. The van der Waals surface area contributed by atoms with Gasteiger partial charge in [-0.3, -0.25) is 9.59 Å². The van der Waals surface area contributed by atoms with Crippen LogP contribution in [0.4, 0.5) is 20.2 Å². The van der Waals surface area contributed by atoms with E-state index < -0.39 is 5.92 Å². The Balaban J connectivity index is 1.64. The number of anilines is 2. The Labute approximate surface area is 210 Å². The summed E-state index contributed by atoms with van der Waals surface area (Å²) in [5.74, 6) is -3.02. The zero-order chi connectivity index (χ0) is 26.0. The van der Waals surface area contributed by atoms with E-state index in [2.05, 4.69) is 16.7 Å². The summed E-state index contributed by atoms with van der Waals surface area (Å²) in [7, 11) is 0. The maximum atomic E-state index is 13.6. The van der Waals surface area contributed by atoms with E-state index in [0.717, 1.165) is 34.9 Å². The van der Waals surface area contributed by atoms with Crippen LogP contribution in [0.3, 0.4) is 0 Å². The SMILES string of the molecule is CC(=O)Nc1cccc(-c2ccc3c(c2)[C@H](NCc2ccc(C(C)(F)F)cc2)C[C@H](C)N3C(C)=O)c1. The second-order valence-electron chi connectivity index (χ2n) is 9.53. The number of nitrogens with zero attached hydrogens (tertiary/aromatic N) is 1. The summed E-state index contributed by atoms with van der Waals surface area (Å²) in [6.45, 7) is 6.48. The summed E-state index contributed by atoms with van der Waals surface area (Å²) in [5, 5.41) is 6.39. The largest absolute Gasteiger partial charge is 0.326 e. The summed E-state index contributed by atoms with van der Waals surface area (Å²) in [6, 6.07) is 20.0. The molecule has 36 heavy (non-hydrogen) atoms. The van der Waals surface area contributed by atoms with E-state index in [9.17, 15) is 18.4 Å². The highest BCUT2D eigenvalue weighted by Gasteiger charge is 2.32. The molecule has 1 aliphatic rings. The average Bonchev–Trinajstić information content (AvgIpc) is 2.81. The maximum Gasteiger partial charge on any atom is 0.270 e. The molecular formula is C29H31F2N3O2. The monoisotopic (exact) mass is 491 g/mol. The van der Waals surface area contributed by atoms with E-state index in [1.807, 2.05) is 48.2 Å². The number of nitrogens with one attached hydrogen (secondary N) is 2. The molecule has 3 aromatic rings. The van der Waals surface area contributed by atoms with E-state index >= 15 is 0 Å². The molecule has 0 unspecified atom stereocenters. The van der Waals surface area contributed by atoms with Gasteiger partial charge in [-0.1, -0.05) is 42.5 Å². The molecule has 2 atom stereocenters. The summed E-state index contributed by atoms with van der Waals surface area (Å²) >= 11 is 0. The lowest BCUT2D eigenvalue weighted by atomic mass is 9.89. The fraction of sp³-hybridized carbons (Fsp3) is 0.310. The predicted molar refractivity (Wildman–Crippen MR) is 139 cm³/mol. The Morgan fingerprint density at radius 3 is 2.33 bits per heavy atom. The number of hydrogen-bond donors (Lipinski definition) is 2. The molecule has 0 fully saturated rings. The van der Waals surface area contributed by atoms with Gasteiger partial charge >= 0.3 is 0 Å². The van der Waals surface area contributed by atoms with Gasteiger partial charge < -0.3 is 15.5 Å².